The predicted octanol–water partition coefficient (Wildman–Crippen LogP) is 3.09. The molecule has 2 N–H and O–H groups in total. The fraction of sp³-hybridized carbons (Fsp3) is 0.556. The smallest absolute Gasteiger partial charge is 0.0991 e. The molecule has 0 aliphatic rings. The van der Waals surface area contributed by atoms with E-state index in [-0.39, 0.29) is 12.6 Å². The van der Waals surface area contributed by atoms with E-state index < -0.39 is 0 Å². The lowest BCUT2D eigenvalue weighted by molar-refractivity contribution is 0.266. The third-order valence-electron chi connectivity index (χ3n) is 1.93. The van der Waals surface area contributed by atoms with Crippen LogP contribution in [0.1, 0.15) is 24.9 Å². The average Bonchev–Trinajstić information content (AvgIpc) is 2.45. The molecule has 0 spiro atoms. The van der Waals surface area contributed by atoms with Crippen LogP contribution in [0.15, 0.2) is 6.07 Å². The van der Waals surface area contributed by atoms with Crippen molar-refractivity contribution in [3.05, 3.63) is 20.3 Å². The number of thiophene rings is 1. The zero-order chi connectivity index (χ0) is 10.6. The Labute approximate surface area is 97.8 Å². The van der Waals surface area contributed by atoms with Crippen LogP contribution in [0.4, 0.5) is 0 Å². The van der Waals surface area contributed by atoms with Crippen molar-refractivity contribution in [2.24, 2.45) is 0 Å². The summed E-state index contributed by atoms with van der Waals surface area (Å²) in [7, 11) is 0. The minimum atomic E-state index is 0.0984. The molecule has 0 saturated heterocycles. The van der Waals surface area contributed by atoms with Gasteiger partial charge in [-0.3, -0.25) is 0 Å². The van der Waals surface area contributed by atoms with Crippen molar-refractivity contribution >= 4 is 34.5 Å². The number of hydrogen-bond donors (Lipinski definition) is 2. The van der Waals surface area contributed by atoms with Gasteiger partial charge in [0.1, 0.15) is 0 Å². The molecule has 1 heterocycles. The van der Waals surface area contributed by atoms with Gasteiger partial charge >= 0.3 is 0 Å². The van der Waals surface area contributed by atoms with Gasteiger partial charge in [-0.2, -0.15) is 0 Å². The summed E-state index contributed by atoms with van der Waals surface area (Å²) in [6.07, 6.45) is 0.653. The summed E-state index contributed by atoms with van der Waals surface area (Å²) in [4.78, 5) is 0. The number of rotatable bonds is 5. The van der Waals surface area contributed by atoms with Gasteiger partial charge in [0, 0.05) is 18.2 Å². The van der Waals surface area contributed by atoms with Crippen molar-refractivity contribution < 1.29 is 5.11 Å². The third-order valence-corrected chi connectivity index (χ3v) is 3.44. The van der Waals surface area contributed by atoms with E-state index in [0.717, 1.165) is 12.1 Å². The van der Waals surface area contributed by atoms with Crippen LogP contribution in [-0.4, -0.2) is 18.3 Å². The SMILES string of the molecule is CCNC(CCO)c1cc(Cl)sc1Cl. The normalized spacial score (nSPS) is 13.1. The topological polar surface area (TPSA) is 32.3 Å². The van der Waals surface area contributed by atoms with Crippen LogP contribution in [0, 0.1) is 0 Å². The summed E-state index contributed by atoms with van der Waals surface area (Å²) in [5.41, 5.74) is 0.984. The van der Waals surface area contributed by atoms with E-state index in [1.165, 1.54) is 11.3 Å². The molecular weight excluding hydrogens is 241 g/mol. The molecule has 0 radical (unpaired) electrons. The van der Waals surface area contributed by atoms with Gasteiger partial charge in [0.2, 0.25) is 0 Å². The van der Waals surface area contributed by atoms with Crippen LogP contribution < -0.4 is 5.32 Å². The number of hydrogen-bond acceptors (Lipinski definition) is 3. The first-order valence-electron chi connectivity index (χ1n) is 4.48. The van der Waals surface area contributed by atoms with E-state index in [4.69, 9.17) is 28.3 Å². The zero-order valence-electron chi connectivity index (χ0n) is 7.89. The lowest BCUT2D eigenvalue weighted by Crippen LogP contribution is -2.21. The van der Waals surface area contributed by atoms with Crippen LogP contribution in [0.2, 0.25) is 8.67 Å². The lowest BCUT2D eigenvalue weighted by Gasteiger charge is -2.15. The van der Waals surface area contributed by atoms with E-state index in [0.29, 0.717) is 15.1 Å². The molecule has 0 aromatic carbocycles. The quantitative estimate of drug-likeness (QED) is 0.846. The van der Waals surface area contributed by atoms with Gasteiger partial charge in [0.25, 0.3) is 0 Å². The van der Waals surface area contributed by atoms with Gasteiger partial charge in [-0.25, -0.2) is 0 Å². The Kier molecular flexibility index (Phi) is 5.20. The summed E-state index contributed by atoms with van der Waals surface area (Å²) < 4.78 is 1.39. The molecule has 1 rings (SSSR count). The molecule has 2 nitrogen and oxygen atoms in total. The first-order chi connectivity index (χ1) is 6.69. The summed E-state index contributed by atoms with van der Waals surface area (Å²) >= 11 is 13.2. The first kappa shape index (κ1) is 12.3. The van der Waals surface area contributed by atoms with Gasteiger partial charge in [0.05, 0.1) is 8.67 Å². The second-order valence-corrected chi connectivity index (χ2v) is 5.19. The lowest BCUT2D eigenvalue weighted by atomic mass is 10.1. The Morgan fingerprint density at radius 1 is 1.57 bits per heavy atom. The summed E-state index contributed by atoms with van der Waals surface area (Å²) in [6, 6.07) is 1.96. The van der Waals surface area contributed by atoms with Crippen molar-refractivity contribution in [3.63, 3.8) is 0 Å². The molecule has 0 aliphatic heterocycles. The van der Waals surface area contributed by atoms with E-state index in [2.05, 4.69) is 5.32 Å². The van der Waals surface area contributed by atoms with Crippen LogP contribution in [0.25, 0.3) is 0 Å². The Bertz CT molecular complexity index is 284. The third kappa shape index (κ3) is 3.11. The van der Waals surface area contributed by atoms with E-state index in [1.54, 1.807) is 0 Å². The van der Waals surface area contributed by atoms with Gasteiger partial charge in [-0.05, 0) is 19.0 Å². The van der Waals surface area contributed by atoms with Gasteiger partial charge in [-0.1, -0.05) is 30.1 Å². The summed E-state index contributed by atoms with van der Waals surface area (Å²) in [6.45, 7) is 3.00. The fourth-order valence-electron chi connectivity index (χ4n) is 1.33. The number of aliphatic hydroxyl groups is 1. The molecule has 0 aliphatic carbocycles. The molecule has 0 amide bonds. The van der Waals surface area contributed by atoms with Crippen LogP contribution in [0.3, 0.4) is 0 Å². The molecule has 0 saturated carbocycles. The number of aliphatic hydroxyl groups excluding tert-OH is 1. The minimum Gasteiger partial charge on any atom is -0.396 e. The van der Waals surface area contributed by atoms with Crippen molar-refractivity contribution in [2.75, 3.05) is 13.2 Å². The molecule has 1 unspecified atom stereocenters. The van der Waals surface area contributed by atoms with Crippen LogP contribution in [-0.2, 0) is 0 Å². The van der Waals surface area contributed by atoms with E-state index >= 15 is 0 Å². The predicted molar refractivity (Wildman–Crippen MR) is 62.5 cm³/mol. The van der Waals surface area contributed by atoms with Crippen molar-refractivity contribution in [1.82, 2.24) is 5.32 Å². The van der Waals surface area contributed by atoms with Crippen LogP contribution >= 0.6 is 34.5 Å². The van der Waals surface area contributed by atoms with E-state index in [1.807, 2.05) is 13.0 Å². The Hall–Kier alpha value is 0.200. The maximum Gasteiger partial charge on any atom is 0.0991 e. The Morgan fingerprint density at radius 2 is 2.29 bits per heavy atom. The average molecular weight is 254 g/mol. The second kappa shape index (κ2) is 5.93. The van der Waals surface area contributed by atoms with Crippen molar-refractivity contribution in [1.29, 1.82) is 0 Å². The summed E-state index contributed by atoms with van der Waals surface area (Å²) in [5.74, 6) is 0. The highest BCUT2D eigenvalue weighted by atomic mass is 35.5. The first-order valence-corrected chi connectivity index (χ1v) is 6.05. The van der Waals surface area contributed by atoms with Gasteiger partial charge < -0.3 is 10.4 Å². The molecule has 80 valence electrons. The molecule has 1 aromatic heterocycles. The number of halogens is 2. The maximum atomic E-state index is 8.91. The highest BCUT2D eigenvalue weighted by Crippen LogP contribution is 2.35. The molecule has 1 atom stereocenters. The molecule has 14 heavy (non-hydrogen) atoms. The minimum absolute atomic E-state index is 0.0984. The zero-order valence-corrected chi connectivity index (χ0v) is 10.2. The monoisotopic (exact) mass is 253 g/mol. The van der Waals surface area contributed by atoms with Crippen LogP contribution in [0.5, 0.6) is 0 Å². The Balaban J connectivity index is 2.80. The van der Waals surface area contributed by atoms with Crippen molar-refractivity contribution in [3.8, 4) is 0 Å². The molecule has 5 heteroatoms. The van der Waals surface area contributed by atoms with E-state index in [9.17, 15) is 0 Å². The second-order valence-electron chi connectivity index (χ2n) is 2.90. The van der Waals surface area contributed by atoms with Gasteiger partial charge in [0.15, 0.2) is 0 Å². The highest BCUT2D eigenvalue weighted by Gasteiger charge is 2.15. The molecule has 0 fully saturated rings. The molecular formula is C9H13Cl2NOS. The Morgan fingerprint density at radius 3 is 2.71 bits per heavy atom. The highest BCUT2D eigenvalue weighted by molar-refractivity contribution is 7.20. The maximum absolute atomic E-state index is 8.91. The summed E-state index contributed by atoms with van der Waals surface area (Å²) in [5, 5.41) is 12.2. The molecule has 1 aromatic rings. The standard InChI is InChI=1S/C9H13Cl2NOS/c1-2-12-7(3-4-13)6-5-8(10)14-9(6)11/h5,7,12-13H,2-4H2,1H3. The van der Waals surface area contributed by atoms with Crippen molar-refractivity contribution in [2.45, 2.75) is 19.4 Å². The molecule has 0 bridgehead atoms. The largest absolute Gasteiger partial charge is 0.396 e. The number of nitrogens with one attached hydrogen (secondary N) is 1. The fourth-order valence-corrected chi connectivity index (χ4v) is 2.91. The van der Waals surface area contributed by atoms with Gasteiger partial charge in [-0.15, -0.1) is 11.3 Å².